The van der Waals surface area contributed by atoms with Crippen LogP contribution in [0.1, 0.15) is 11.3 Å². The third kappa shape index (κ3) is 4.60. The van der Waals surface area contributed by atoms with Gasteiger partial charge in [0, 0.05) is 21.3 Å². The minimum atomic E-state index is 0.0761. The number of halogens is 3. The van der Waals surface area contributed by atoms with Gasteiger partial charge < -0.3 is 5.11 Å². The van der Waals surface area contributed by atoms with Gasteiger partial charge in [-0.05, 0) is 52.7 Å². The fourth-order valence-corrected chi connectivity index (χ4v) is 3.67. The average molecular weight is 497 g/mol. The molecule has 0 aliphatic heterocycles. The van der Waals surface area contributed by atoms with Crippen molar-refractivity contribution in [2.24, 2.45) is 5.10 Å². The van der Waals surface area contributed by atoms with Crippen molar-refractivity contribution < 1.29 is 5.11 Å². The topological polar surface area (TPSA) is 70.4 Å². The van der Waals surface area contributed by atoms with Gasteiger partial charge in [-0.15, -0.1) is 0 Å². The van der Waals surface area contributed by atoms with Gasteiger partial charge in [0.1, 0.15) is 5.75 Å². The van der Waals surface area contributed by atoms with E-state index in [9.17, 15) is 5.11 Å². The van der Waals surface area contributed by atoms with E-state index >= 15 is 0 Å². The predicted molar refractivity (Wildman–Crippen MR) is 112 cm³/mol. The number of phenols is 1. The molecule has 0 spiro atoms. The van der Waals surface area contributed by atoms with Gasteiger partial charge in [-0.3, -0.25) is 5.43 Å². The minimum Gasteiger partial charge on any atom is -0.506 e. The molecule has 2 N–H and O–H groups in total. The van der Waals surface area contributed by atoms with Crippen LogP contribution in [0.2, 0.25) is 5.02 Å². The Hall–Kier alpha value is -1.96. The summed E-state index contributed by atoms with van der Waals surface area (Å²) in [7, 11) is 0. The monoisotopic (exact) mass is 494 g/mol. The Morgan fingerprint density at radius 1 is 1.15 bits per heavy atom. The molecular formula is C18H13Br2ClN4O. The lowest BCUT2D eigenvalue weighted by atomic mass is 10.2. The van der Waals surface area contributed by atoms with Crippen LogP contribution in [-0.4, -0.2) is 21.3 Å². The number of benzene rings is 2. The molecule has 5 nitrogen and oxygen atoms in total. The molecule has 0 saturated carbocycles. The van der Waals surface area contributed by atoms with E-state index in [1.807, 2.05) is 19.1 Å². The maximum Gasteiger partial charge on any atom is 0.165 e. The largest absolute Gasteiger partial charge is 0.506 e. The van der Waals surface area contributed by atoms with Crippen molar-refractivity contribution in [3.63, 3.8) is 0 Å². The van der Waals surface area contributed by atoms with Crippen molar-refractivity contribution in [2.75, 3.05) is 5.43 Å². The highest BCUT2D eigenvalue weighted by Gasteiger charge is 2.13. The molecule has 1 heterocycles. The molecule has 8 heteroatoms. The molecule has 0 atom stereocenters. The predicted octanol–water partition coefficient (Wildman–Crippen LogP) is 5.78. The van der Waals surface area contributed by atoms with Gasteiger partial charge in [-0.1, -0.05) is 39.7 Å². The van der Waals surface area contributed by atoms with Crippen LogP contribution in [-0.2, 0) is 0 Å². The molecule has 0 fully saturated rings. The summed E-state index contributed by atoms with van der Waals surface area (Å²) in [6.07, 6.45) is 1.65. The average Bonchev–Trinajstić information content (AvgIpc) is 2.57. The van der Waals surface area contributed by atoms with Crippen LogP contribution in [0, 0.1) is 6.92 Å². The van der Waals surface area contributed by atoms with Crippen molar-refractivity contribution in [1.82, 2.24) is 9.97 Å². The lowest BCUT2D eigenvalue weighted by molar-refractivity contribution is 0.473. The summed E-state index contributed by atoms with van der Waals surface area (Å²) >= 11 is 12.7. The number of nitrogens with zero attached hydrogens (tertiary/aromatic N) is 3. The van der Waals surface area contributed by atoms with Crippen LogP contribution < -0.4 is 5.43 Å². The van der Waals surface area contributed by atoms with E-state index in [1.54, 1.807) is 36.5 Å². The number of rotatable bonds is 4. The molecule has 3 aromatic rings. The quantitative estimate of drug-likeness (QED) is 0.355. The smallest absolute Gasteiger partial charge is 0.165 e. The van der Waals surface area contributed by atoms with Crippen molar-refractivity contribution in [1.29, 1.82) is 0 Å². The minimum absolute atomic E-state index is 0.0761. The molecule has 0 saturated heterocycles. The second-order valence-electron chi connectivity index (χ2n) is 5.43. The molecule has 0 aliphatic carbocycles. The summed E-state index contributed by atoms with van der Waals surface area (Å²) in [6, 6.07) is 12.6. The normalized spacial score (nSPS) is 11.1. The van der Waals surface area contributed by atoms with E-state index < -0.39 is 0 Å². The van der Waals surface area contributed by atoms with E-state index in [0.717, 1.165) is 15.7 Å². The third-order valence-corrected chi connectivity index (χ3v) is 4.66. The second kappa shape index (κ2) is 8.16. The van der Waals surface area contributed by atoms with Gasteiger partial charge in [0.2, 0.25) is 0 Å². The zero-order valence-electron chi connectivity index (χ0n) is 13.5. The molecule has 0 bridgehead atoms. The highest BCUT2D eigenvalue weighted by molar-refractivity contribution is 9.11. The van der Waals surface area contributed by atoms with E-state index in [1.165, 1.54) is 0 Å². The molecule has 2 aromatic carbocycles. The van der Waals surface area contributed by atoms with E-state index in [2.05, 4.69) is 52.4 Å². The maximum absolute atomic E-state index is 10.3. The van der Waals surface area contributed by atoms with Crippen LogP contribution in [0.25, 0.3) is 11.4 Å². The van der Waals surface area contributed by atoms with E-state index in [4.69, 9.17) is 11.6 Å². The number of aromatic nitrogens is 2. The summed E-state index contributed by atoms with van der Waals surface area (Å²) in [6.45, 7) is 1.85. The summed E-state index contributed by atoms with van der Waals surface area (Å²) in [5.74, 6) is 0.985. The van der Waals surface area contributed by atoms with Crippen LogP contribution in [0.15, 0.2) is 56.5 Å². The fourth-order valence-electron chi connectivity index (χ4n) is 2.24. The first-order valence-corrected chi connectivity index (χ1v) is 9.47. The van der Waals surface area contributed by atoms with Crippen LogP contribution in [0.3, 0.4) is 0 Å². The molecular weight excluding hydrogens is 483 g/mol. The molecule has 26 heavy (non-hydrogen) atoms. The number of nitrogens with one attached hydrogen (secondary N) is 1. The molecule has 132 valence electrons. The summed E-state index contributed by atoms with van der Waals surface area (Å²) in [5.41, 5.74) is 5.00. The third-order valence-electron chi connectivity index (χ3n) is 3.36. The molecule has 0 unspecified atom stereocenters. The standard InChI is InChI=1S/C18H13Br2ClN4O/c1-10-5-16(25-22-9-11-3-2-4-13(21)6-11)24-18(23-10)14-7-12(19)8-15(20)17(14)26/h2-9,26H,1H3,(H,23,24,25)/b22-9+. The Bertz CT molecular complexity index is 995. The number of hydrogen-bond acceptors (Lipinski definition) is 5. The first kappa shape index (κ1) is 18.8. The lowest BCUT2D eigenvalue weighted by Crippen LogP contribution is -1.99. The summed E-state index contributed by atoms with van der Waals surface area (Å²) < 4.78 is 1.36. The Kier molecular flexibility index (Phi) is 5.90. The molecule has 0 radical (unpaired) electrons. The second-order valence-corrected chi connectivity index (χ2v) is 7.63. The zero-order chi connectivity index (χ0) is 18.7. The number of aromatic hydroxyl groups is 1. The van der Waals surface area contributed by atoms with Crippen molar-refractivity contribution in [2.45, 2.75) is 6.92 Å². The zero-order valence-corrected chi connectivity index (χ0v) is 17.5. The van der Waals surface area contributed by atoms with Crippen molar-refractivity contribution >= 4 is 55.5 Å². The molecule has 1 aromatic heterocycles. The first-order chi connectivity index (χ1) is 12.4. The van der Waals surface area contributed by atoms with Crippen molar-refractivity contribution in [3.8, 4) is 17.1 Å². The number of aryl methyl sites for hydroxylation is 1. The van der Waals surface area contributed by atoms with Gasteiger partial charge in [0.25, 0.3) is 0 Å². The fraction of sp³-hybridized carbons (Fsp3) is 0.0556. The number of hydrogen-bond donors (Lipinski definition) is 2. The van der Waals surface area contributed by atoms with Gasteiger partial charge in [0.15, 0.2) is 11.6 Å². The van der Waals surface area contributed by atoms with E-state index in [0.29, 0.717) is 26.7 Å². The molecule has 3 rings (SSSR count). The highest BCUT2D eigenvalue weighted by atomic mass is 79.9. The van der Waals surface area contributed by atoms with Crippen LogP contribution in [0.4, 0.5) is 5.82 Å². The Balaban J connectivity index is 1.89. The van der Waals surface area contributed by atoms with Crippen LogP contribution >= 0.6 is 43.5 Å². The Morgan fingerprint density at radius 3 is 2.73 bits per heavy atom. The summed E-state index contributed by atoms with van der Waals surface area (Å²) in [4.78, 5) is 8.83. The Morgan fingerprint density at radius 2 is 1.96 bits per heavy atom. The SMILES string of the molecule is Cc1cc(N/N=C/c2cccc(Cl)c2)nc(-c2cc(Br)cc(Br)c2O)n1. The molecule has 0 aliphatic rings. The van der Waals surface area contributed by atoms with Gasteiger partial charge in [-0.25, -0.2) is 9.97 Å². The lowest BCUT2D eigenvalue weighted by Gasteiger charge is -2.09. The Labute approximate surface area is 172 Å². The maximum atomic E-state index is 10.3. The number of phenolic OH excluding ortho intramolecular Hbond substituents is 1. The van der Waals surface area contributed by atoms with Gasteiger partial charge in [-0.2, -0.15) is 5.10 Å². The number of anilines is 1. The van der Waals surface area contributed by atoms with Crippen LogP contribution in [0.5, 0.6) is 5.75 Å². The summed E-state index contributed by atoms with van der Waals surface area (Å²) in [5, 5.41) is 15.1. The van der Waals surface area contributed by atoms with Gasteiger partial charge in [0.05, 0.1) is 16.3 Å². The molecule has 0 amide bonds. The van der Waals surface area contributed by atoms with Crippen molar-refractivity contribution in [3.05, 3.63) is 67.7 Å². The highest BCUT2D eigenvalue weighted by Crippen LogP contribution is 2.37. The van der Waals surface area contributed by atoms with E-state index in [-0.39, 0.29) is 5.75 Å². The first-order valence-electron chi connectivity index (χ1n) is 7.51. The van der Waals surface area contributed by atoms with Gasteiger partial charge >= 0.3 is 0 Å². The number of hydrazone groups is 1.